The van der Waals surface area contributed by atoms with Crippen molar-refractivity contribution < 1.29 is 18.8 Å². The molecular weight excluding hydrogens is 838 g/mol. The molecule has 0 radical (unpaired) electrons. The number of imide groups is 1. The number of piperazine rings is 1. The highest BCUT2D eigenvalue weighted by molar-refractivity contribution is 6.13. The molecular formula is C50H50FN11O4. The number of nitrogens with one attached hydrogen (secondary N) is 2. The fraction of sp³-hybridized carbons (Fsp3) is 0.300. The molecule has 0 saturated carbocycles. The zero-order valence-corrected chi connectivity index (χ0v) is 37.1. The van der Waals surface area contributed by atoms with E-state index in [-0.39, 0.29) is 35.6 Å². The summed E-state index contributed by atoms with van der Waals surface area (Å²) in [5.74, 6) is -1.82. The van der Waals surface area contributed by atoms with Crippen LogP contribution in [0.2, 0.25) is 0 Å². The Morgan fingerprint density at radius 1 is 0.788 bits per heavy atom. The van der Waals surface area contributed by atoms with Crippen molar-refractivity contribution in [2.24, 2.45) is 14.1 Å². The van der Waals surface area contributed by atoms with Crippen molar-refractivity contribution >= 4 is 45.7 Å². The molecule has 336 valence electrons. The van der Waals surface area contributed by atoms with Crippen molar-refractivity contribution in [3.8, 4) is 27.9 Å². The van der Waals surface area contributed by atoms with Crippen LogP contribution in [0.25, 0.3) is 38.8 Å². The van der Waals surface area contributed by atoms with Gasteiger partial charge in [0.15, 0.2) is 5.69 Å². The molecule has 3 amide bonds. The highest BCUT2D eigenvalue weighted by Gasteiger charge is 2.31. The number of fused-ring (bicyclic) bond motifs is 1. The van der Waals surface area contributed by atoms with Crippen LogP contribution in [-0.4, -0.2) is 97.0 Å². The van der Waals surface area contributed by atoms with Crippen LogP contribution in [-0.2, 0) is 23.7 Å². The molecule has 3 aromatic heterocycles. The lowest BCUT2D eigenvalue weighted by molar-refractivity contribution is -0.134. The van der Waals surface area contributed by atoms with Crippen molar-refractivity contribution in [1.29, 1.82) is 0 Å². The quantitative estimate of drug-likeness (QED) is 0.160. The lowest BCUT2D eigenvalue weighted by Crippen LogP contribution is -2.53. The first-order chi connectivity index (χ1) is 32.0. The van der Waals surface area contributed by atoms with Gasteiger partial charge in [-0.2, -0.15) is 10.2 Å². The number of hydrogen-bond donors (Lipinski definition) is 2. The van der Waals surface area contributed by atoms with Gasteiger partial charge in [-0.15, -0.1) is 0 Å². The molecule has 16 heteroatoms. The zero-order valence-electron chi connectivity index (χ0n) is 37.1. The van der Waals surface area contributed by atoms with Crippen molar-refractivity contribution in [1.82, 2.24) is 39.3 Å². The Labute approximate surface area is 380 Å². The molecule has 3 fully saturated rings. The summed E-state index contributed by atoms with van der Waals surface area (Å²) in [5, 5.41) is 14.9. The second-order valence-corrected chi connectivity index (χ2v) is 17.4. The van der Waals surface area contributed by atoms with E-state index in [9.17, 15) is 19.2 Å². The molecule has 2 N–H and O–H groups in total. The first-order valence-corrected chi connectivity index (χ1v) is 22.4. The largest absolute Gasteiger partial charge is 0.371 e. The van der Waals surface area contributed by atoms with E-state index < -0.39 is 5.92 Å². The average molecular weight is 888 g/mol. The maximum absolute atomic E-state index is 15.4. The number of halogens is 1. The van der Waals surface area contributed by atoms with Gasteiger partial charge in [0.2, 0.25) is 11.8 Å². The summed E-state index contributed by atoms with van der Waals surface area (Å²) in [6.45, 7) is 6.95. The molecule has 0 spiro atoms. The lowest BCUT2D eigenvalue weighted by Gasteiger charge is -2.44. The molecule has 0 bridgehead atoms. The highest BCUT2D eigenvalue weighted by atomic mass is 19.1. The van der Waals surface area contributed by atoms with Gasteiger partial charge < -0.3 is 15.1 Å². The molecule has 3 aliphatic rings. The number of aromatic nitrogens is 6. The van der Waals surface area contributed by atoms with E-state index in [1.54, 1.807) is 42.3 Å². The van der Waals surface area contributed by atoms with Crippen LogP contribution in [0.1, 0.15) is 53.2 Å². The van der Waals surface area contributed by atoms with Gasteiger partial charge >= 0.3 is 5.69 Å². The summed E-state index contributed by atoms with van der Waals surface area (Å²) in [4.78, 5) is 61.9. The van der Waals surface area contributed by atoms with Gasteiger partial charge in [0, 0.05) is 83.1 Å². The van der Waals surface area contributed by atoms with Gasteiger partial charge in [-0.05, 0) is 114 Å². The van der Waals surface area contributed by atoms with Gasteiger partial charge in [0.1, 0.15) is 12.1 Å². The fourth-order valence-electron chi connectivity index (χ4n) is 9.99. The van der Waals surface area contributed by atoms with E-state index in [1.807, 2.05) is 44.3 Å². The number of amides is 3. The third-order valence-corrected chi connectivity index (χ3v) is 13.6. The van der Waals surface area contributed by atoms with Crippen LogP contribution in [0.4, 0.5) is 21.5 Å². The summed E-state index contributed by atoms with van der Waals surface area (Å²) >= 11 is 0. The van der Waals surface area contributed by atoms with E-state index in [1.165, 1.54) is 21.6 Å². The Bertz CT molecular complexity index is 3050. The minimum absolute atomic E-state index is 0.251. The van der Waals surface area contributed by atoms with E-state index in [2.05, 4.69) is 70.8 Å². The second-order valence-electron chi connectivity index (χ2n) is 17.4. The second kappa shape index (κ2) is 17.5. The highest BCUT2D eigenvalue weighted by Crippen LogP contribution is 2.40. The van der Waals surface area contributed by atoms with Gasteiger partial charge in [0.25, 0.3) is 5.91 Å². The Balaban J connectivity index is 0.851. The molecule has 1 unspecified atom stereocenters. The van der Waals surface area contributed by atoms with Crippen molar-refractivity contribution in [3.63, 3.8) is 0 Å². The predicted molar refractivity (Wildman–Crippen MR) is 251 cm³/mol. The standard InChI is InChI=1S/C50H50FN11O4/c1-31-38(13-16-44-46(31)47(56-57(44)2)49(65)54-34-5-4-20-52-29-34)40-12-11-37(62-30-53-58(3)50(62)66)28-41(40)32-6-9-35(10-7-32)59-21-18-36(19-22-59)60-23-25-61(26-24-60)43-15-8-33(27-42(43)51)39-14-17-45(63)55-48(39)64/h4-13,15-16,20,27-30,36,39H,14,17-19,21-26H2,1-3H3,(H,54,65)(H,55,63,64). The fourth-order valence-corrected chi connectivity index (χ4v) is 9.99. The normalized spacial score (nSPS) is 17.4. The first-order valence-electron chi connectivity index (χ1n) is 22.4. The number of benzene rings is 4. The lowest BCUT2D eigenvalue weighted by atomic mass is 9.90. The summed E-state index contributed by atoms with van der Waals surface area (Å²) < 4.78 is 20.0. The van der Waals surface area contributed by atoms with Gasteiger partial charge in [-0.1, -0.05) is 30.3 Å². The summed E-state index contributed by atoms with van der Waals surface area (Å²) in [6, 6.07) is 27.7. The minimum atomic E-state index is -0.511. The maximum atomic E-state index is 15.4. The predicted octanol–water partition coefficient (Wildman–Crippen LogP) is 6.20. The average Bonchev–Trinajstić information content (AvgIpc) is 3.86. The molecule has 6 heterocycles. The third-order valence-electron chi connectivity index (χ3n) is 13.6. The van der Waals surface area contributed by atoms with Crippen LogP contribution < -0.4 is 26.1 Å². The Morgan fingerprint density at radius 3 is 2.24 bits per heavy atom. The number of rotatable bonds is 9. The maximum Gasteiger partial charge on any atom is 0.350 e. The van der Waals surface area contributed by atoms with E-state index in [4.69, 9.17) is 0 Å². The Kier molecular flexibility index (Phi) is 11.3. The molecule has 1 atom stereocenters. The Morgan fingerprint density at radius 2 is 1.55 bits per heavy atom. The van der Waals surface area contributed by atoms with Crippen molar-refractivity contribution in [2.75, 3.05) is 54.4 Å². The van der Waals surface area contributed by atoms with E-state index >= 15 is 4.39 Å². The van der Waals surface area contributed by atoms with E-state index in [0.717, 1.165) is 83.4 Å². The van der Waals surface area contributed by atoms with Crippen LogP contribution in [0.5, 0.6) is 0 Å². The topological polar surface area (TPSA) is 156 Å². The molecule has 15 nitrogen and oxygen atoms in total. The van der Waals surface area contributed by atoms with Crippen LogP contribution >= 0.6 is 0 Å². The molecule has 3 saturated heterocycles. The van der Waals surface area contributed by atoms with Crippen LogP contribution in [0, 0.1) is 12.7 Å². The Hall–Kier alpha value is -7.46. The zero-order chi connectivity index (χ0) is 45.6. The molecule has 66 heavy (non-hydrogen) atoms. The van der Waals surface area contributed by atoms with Gasteiger partial charge in [0.05, 0.1) is 34.7 Å². The molecule has 4 aromatic carbocycles. The monoisotopic (exact) mass is 887 g/mol. The molecule has 0 aliphatic carbocycles. The minimum Gasteiger partial charge on any atom is -0.371 e. The summed E-state index contributed by atoms with van der Waals surface area (Å²) in [6.07, 6.45) is 7.46. The molecule has 3 aliphatic heterocycles. The van der Waals surface area contributed by atoms with Gasteiger partial charge in [-0.25, -0.2) is 18.4 Å². The summed E-state index contributed by atoms with van der Waals surface area (Å²) in [5.41, 5.74) is 9.12. The smallest absolute Gasteiger partial charge is 0.350 e. The number of anilines is 3. The molecule has 7 aromatic rings. The number of hydrogen-bond acceptors (Lipinski definition) is 10. The van der Waals surface area contributed by atoms with E-state index in [0.29, 0.717) is 53.9 Å². The number of pyridine rings is 1. The van der Waals surface area contributed by atoms with Crippen molar-refractivity contribution in [3.05, 3.63) is 137 Å². The third kappa shape index (κ3) is 8.01. The van der Waals surface area contributed by atoms with Crippen LogP contribution in [0.3, 0.4) is 0 Å². The van der Waals surface area contributed by atoms with Crippen molar-refractivity contribution in [2.45, 2.75) is 44.6 Å². The summed E-state index contributed by atoms with van der Waals surface area (Å²) in [7, 11) is 3.46. The number of piperidine rings is 2. The first kappa shape index (κ1) is 42.5. The SMILES string of the molecule is Cc1c(-c2ccc(-n3cnn(C)c3=O)cc2-c2ccc(N3CCC(N4CCN(c5ccc(C6CCC(=O)NC6=O)cc5F)CC4)CC3)cc2)ccc2c1c(C(=O)Nc1cccnc1)nn2C. The molecule has 10 rings (SSSR count). The number of carbonyl (C=O) groups is 3. The van der Waals surface area contributed by atoms with Gasteiger partial charge in [-0.3, -0.25) is 34.3 Å². The number of nitrogens with zero attached hydrogens (tertiary/aromatic N) is 9. The number of carbonyl (C=O) groups excluding carboxylic acids is 3. The van der Waals surface area contributed by atoms with Crippen LogP contribution in [0.15, 0.2) is 108 Å². The number of aryl methyl sites for hydroxylation is 3.